The second kappa shape index (κ2) is 6.05. The first-order chi connectivity index (χ1) is 8.54. The van der Waals surface area contributed by atoms with Crippen LogP contribution in [0.1, 0.15) is 12.5 Å². The Labute approximate surface area is 106 Å². The molecule has 5 heteroatoms. The van der Waals surface area contributed by atoms with Gasteiger partial charge in [0.2, 0.25) is 0 Å². The van der Waals surface area contributed by atoms with Gasteiger partial charge in [-0.3, -0.25) is 4.79 Å². The zero-order chi connectivity index (χ0) is 13.7. The summed E-state index contributed by atoms with van der Waals surface area (Å²) in [6.45, 7) is 2.01. The van der Waals surface area contributed by atoms with E-state index in [9.17, 15) is 9.59 Å². The van der Waals surface area contributed by atoms with Crippen molar-refractivity contribution in [2.24, 2.45) is 0 Å². The van der Waals surface area contributed by atoms with Crippen LogP contribution in [0.5, 0.6) is 5.75 Å². The van der Waals surface area contributed by atoms with Crippen LogP contribution < -0.4 is 9.64 Å². The van der Waals surface area contributed by atoms with Crippen LogP contribution in [0, 0.1) is 0 Å². The van der Waals surface area contributed by atoms with E-state index in [0.717, 1.165) is 12.0 Å². The summed E-state index contributed by atoms with van der Waals surface area (Å²) in [4.78, 5) is 24.2. The van der Waals surface area contributed by atoms with Crippen LogP contribution in [0.25, 0.3) is 0 Å². The number of ether oxygens (including phenoxy) is 2. The number of carbonyl (C=O) groups is 2. The minimum Gasteiger partial charge on any atom is -0.495 e. The molecule has 1 amide bonds. The topological polar surface area (TPSA) is 55.8 Å². The number of anilines is 1. The Balaban J connectivity index is 3.13. The Morgan fingerprint density at radius 3 is 2.44 bits per heavy atom. The third-order valence-corrected chi connectivity index (χ3v) is 2.68. The summed E-state index contributed by atoms with van der Waals surface area (Å²) in [5.41, 5.74) is 1.60. The molecule has 0 saturated heterocycles. The van der Waals surface area contributed by atoms with Gasteiger partial charge in [-0.1, -0.05) is 13.0 Å². The van der Waals surface area contributed by atoms with Gasteiger partial charge in [0.05, 0.1) is 19.9 Å². The zero-order valence-corrected chi connectivity index (χ0v) is 11.0. The summed E-state index contributed by atoms with van der Waals surface area (Å²) >= 11 is 0. The number of carbonyl (C=O) groups excluding carboxylic acids is 2. The van der Waals surface area contributed by atoms with Crippen molar-refractivity contribution in [3.8, 4) is 5.75 Å². The number of aryl methyl sites for hydroxylation is 1. The van der Waals surface area contributed by atoms with E-state index in [1.165, 1.54) is 26.2 Å². The fraction of sp³-hybridized carbons (Fsp3) is 0.385. The molecule has 0 spiro atoms. The van der Waals surface area contributed by atoms with E-state index in [0.29, 0.717) is 11.4 Å². The number of methoxy groups -OCH3 is 2. The van der Waals surface area contributed by atoms with E-state index in [4.69, 9.17) is 4.74 Å². The van der Waals surface area contributed by atoms with Crippen LogP contribution in [0.4, 0.5) is 5.69 Å². The Morgan fingerprint density at radius 1 is 1.28 bits per heavy atom. The molecule has 0 atom stereocenters. The average Bonchev–Trinajstić information content (AvgIpc) is 2.43. The number of rotatable bonds is 3. The average molecular weight is 251 g/mol. The van der Waals surface area contributed by atoms with Crippen LogP contribution >= 0.6 is 0 Å². The molecular formula is C13H17NO4. The van der Waals surface area contributed by atoms with Crippen molar-refractivity contribution < 1.29 is 19.1 Å². The molecule has 0 radical (unpaired) electrons. The highest BCUT2D eigenvalue weighted by atomic mass is 16.5. The predicted octanol–water partition coefficient (Wildman–Crippen LogP) is 1.39. The van der Waals surface area contributed by atoms with Crippen molar-refractivity contribution in [2.75, 3.05) is 26.2 Å². The zero-order valence-electron chi connectivity index (χ0n) is 11.0. The Hall–Kier alpha value is -2.04. The molecule has 0 fully saturated rings. The smallest absolute Gasteiger partial charge is 0.397 e. The van der Waals surface area contributed by atoms with Crippen molar-refractivity contribution in [1.82, 2.24) is 0 Å². The van der Waals surface area contributed by atoms with Gasteiger partial charge in [0.25, 0.3) is 0 Å². The number of hydrogen-bond donors (Lipinski definition) is 0. The monoisotopic (exact) mass is 251 g/mol. The Bertz CT molecular complexity index is 456. The molecule has 1 aromatic rings. The van der Waals surface area contributed by atoms with Crippen molar-refractivity contribution in [1.29, 1.82) is 0 Å². The van der Waals surface area contributed by atoms with Crippen LogP contribution in [0.2, 0.25) is 0 Å². The lowest BCUT2D eigenvalue weighted by Crippen LogP contribution is -2.34. The van der Waals surface area contributed by atoms with E-state index in [2.05, 4.69) is 4.74 Å². The lowest BCUT2D eigenvalue weighted by Gasteiger charge is -2.19. The van der Waals surface area contributed by atoms with E-state index in [-0.39, 0.29) is 0 Å². The number of likely N-dealkylation sites (N-methyl/N-ethyl adjacent to an activating group) is 1. The minimum absolute atomic E-state index is 0.534. The molecule has 1 rings (SSSR count). The molecule has 0 unspecified atom stereocenters. The van der Waals surface area contributed by atoms with Gasteiger partial charge in [0.15, 0.2) is 0 Å². The third-order valence-electron chi connectivity index (χ3n) is 2.68. The number of nitrogens with zero attached hydrogens (tertiary/aromatic N) is 1. The van der Waals surface area contributed by atoms with Gasteiger partial charge < -0.3 is 14.4 Å². The molecule has 0 aliphatic rings. The number of hydrogen-bond acceptors (Lipinski definition) is 4. The molecule has 0 N–H and O–H groups in total. The van der Waals surface area contributed by atoms with E-state index >= 15 is 0 Å². The molecular weight excluding hydrogens is 234 g/mol. The van der Waals surface area contributed by atoms with E-state index in [1.807, 2.05) is 19.1 Å². The third kappa shape index (κ3) is 2.80. The molecule has 0 aliphatic heterocycles. The maximum absolute atomic E-state index is 11.7. The van der Waals surface area contributed by atoms with Crippen molar-refractivity contribution >= 4 is 17.6 Å². The van der Waals surface area contributed by atoms with Gasteiger partial charge in [0, 0.05) is 7.05 Å². The quantitative estimate of drug-likeness (QED) is 0.602. The fourth-order valence-corrected chi connectivity index (χ4v) is 1.55. The van der Waals surface area contributed by atoms with E-state index in [1.54, 1.807) is 6.07 Å². The first-order valence-corrected chi connectivity index (χ1v) is 5.58. The largest absolute Gasteiger partial charge is 0.495 e. The molecule has 98 valence electrons. The van der Waals surface area contributed by atoms with Crippen molar-refractivity contribution in [3.05, 3.63) is 23.8 Å². The van der Waals surface area contributed by atoms with Crippen LogP contribution in [-0.2, 0) is 20.7 Å². The van der Waals surface area contributed by atoms with E-state index < -0.39 is 11.9 Å². The Kier molecular flexibility index (Phi) is 4.71. The minimum atomic E-state index is -0.901. The highest BCUT2D eigenvalue weighted by Crippen LogP contribution is 2.29. The SMILES string of the molecule is CCc1ccc(OC)c(N(C)C(=O)C(=O)OC)c1. The normalized spacial score (nSPS) is 9.78. The van der Waals surface area contributed by atoms with Crippen LogP contribution in [0.3, 0.4) is 0 Å². The second-order valence-corrected chi connectivity index (χ2v) is 3.72. The van der Waals surface area contributed by atoms with Crippen molar-refractivity contribution in [2.45, 2.75) is 13.3 Å². The van der Waals surface area contributed by atoms with Crippen LogP contribution in [0.15, 0.2) is 18.2 Å². The molecule has 1 aromatic carbocycles. The predicted molar refractivity (Wildman–Crippen MR) is 67.8 cm³/mol. The maximum Gasteiger partial charge on any atom is 0.397 e. The van der Waals surface area contributed by atoms with Gasteiger partial charge in [-0.15, -0.1) is 0 Å². The van der Waals surface area contributed by atoms with Gasteiger partial charge in [-0.05, 0) is 24.1 Å². The lowest BCUT2D eigenvalue weighted by atomic mass is 10.1. The number of esters is 1. The molecule has 0 aliphatic carbocycles. The second-order valence-electron chi connectivity index (χ2n) is 3.72. The van der Waals surface area contributed by atoms with Gasteiger partial charge in [0.1, 0.15) is 5.75 Å². The number of amides is 1. The summed E-state index contributed by atoms with van der Waals surface area (Å²) in [7, 11) is 4.20. The van der Waals surface area contributed by atoms with Gasteiger partial charge in [-0.2, -0.15) is 0 Å². The lowest BCUT2D eigenvalue weighted by molar-refractivity contribution is -0.151. The summed E-state index contributed by atoms with van der Waals surface area (Å²) in [6, 6.07) is 5.51. The molecule has 0 bridgehead atoms. The summed E-state index contributed by atoms with van der Waals surface area (Å²) in [5.74, 6) is -1.10. The number of benzene rings is 1. The summed E-state index contributed by atoms with van der Waals surface area (Å²) in [6.07, 6.45) is 0.831. The molecule has 5 nitrogen and oxygen atoms in total. The van der Waals surface area contributed by atoms with Gasteiger partial charge >= 0.3 is 11.9 Å². The van der Waals surface area contributed by atoms with Crippen LogP contribution in [-0.4, -0.2) is 33.1 Å². The highest BCUT2D eigenvalue weighted by molar-refractivity contribution is 6.38. The first kappa shape index (κ1) is 14.0. The molecule has 0 saturated carbocycles. The molecule has 18 heavy (non-hydrogen) atoms. The Morgan fingerprint density at radius 2 is 1.94 bits per heavy atom. The molecule has 0 aromatic heterocycles. The standard InChI is InChI=1S/C13H17NO4/c1-5-9-6-7-11(17-3)10(8-9)14(2)12(15)13(16)18-4/h6-8H,5H2,1-4H3. The maximum atomic E-state index is 11.7. The van der Waals surface area contributed by atoms with Crippen molar-refractivity contribution in [3.63, 3.8) is 0 Å². The molecule has 0 heterocycles. The summed E-state index contributed by atoms with van der Waals surface area (Å²) in [5, 5.41) is 0. The summed E-state index contributed by atoms with van der Waals surface area (Å²) < 4.78 is 9.60. The highest BCUT2D eigenvalue weighted by Gasteiger charge is 2.23. The van der Waals surface area contributed by atoms with Gasteiger partial charge in [-0.25, -0.2) is 4.79 Å². The fourth-order valence-electron chi connectivity index (χ4n) is 1.55. The first-order valence-electron chi connectivity index (χ1n) is 5.58.